The number of aryl methyl sites for hydroxylation is 2. The molecule has 7 heteroatoms. The molecule has 0 bridgehead atoms. The maximum absolute atomic E-state index is 12.2. The van der Waals surface area contributed by atoms with Crippen LogP contribution in [0, 0.1) is 13.8 Å². The third-order valence-electron chi connectivity index (χ3n) is 3.35. The van der Waals surface area contributed by atoms with E-state index in [9.17, 15) is 4.79 Å². The van der Waals surface area contributed by atoms with Gasteiger partial charge in [-0.3, -0.25) is 4.79 Å². The Morgan fingerprint density at radius 3 is 2.62 bits per heavy atom. The lowest BCUT2D eigenvalue weighted by molar-refractivity contribution is 0.0946. The van der Waals surface area contributed by atoms with Gasteiger partial charge in [0.05, 0.1) is 0 Å². The lowest BCUT2D eigenvalue weighted by atomic mass is 10.2. The highest BCUT2D eigenvalue weighted by molar-refractivity contribution is 9.10. The fourth-order valence-corrected chi connectivity index (χ4v) is 2.32. The first kappa shape index (κ1) is 18.4. The monoisotopic (exact) mass is 391 g/mol. The Morgan fingerprint density at radius 1 is 1.21 bits per heavy atom. The molecule has 2 aromatic rings. The van der Waals surface area contributed by atoms with Crippen LogP contribution in [0.2, 0.25) is 0 Å². The van der Waals surface area contributed by atoms with Gasteiger partial charge in [-0.25, -0.2) is 9.97 Å². The summed E-state index contributed by atoms with van der Waals surface area (Å²) in [5.41, 5.74) is 3.08. The first-order chi connectivity index (χ1) is 11.3. The van der Waals surface area contributed by atoms with Gasteiger partial charge in [-0.2, -0.15) is 0 Å². The van der Waals surface area contributed by atoms with E-state index in [2.05, 4.69) is 36.5 Å². The van der Waals surface area contributed by atoms with Gasteiger partial charge in [0.15, 0.2) is 0 Å². The molecule has 0 aliphatic heterocycles. The minimum Gasteiger partial charge on any atom is -0.349 e. The number of rotatable bonds is 6. The quantitative estimate of drug-likeness (QED) is 0.791. The van der Waals surface area contributed by atoms with Crippen LogP contribution >= 0.6 is 15.9 Å². The Balaban J connectivity index is 2.12. The summed E-state index contributed by atoms with van der Waals surface area (Å²) >= 11 is 3.48. The summed E-state index contributed by atoms with van der Waals surface area (Å²) in [6, 6.07) is 7.57. The van der Waals surface area contributed by atoms with Crippen molar-refractivity contribution >= 4 is 33.5 Å². The molecule has 0 spiro atoms. The van der Waals surface area contributed by atoms with Crippen molar-refractivity contribution in [2.75, 3.05) is 32.5 Å². The van der Waals surface area contributed by atoms with Gasteiger partial charge >= 0.3 is 0 Å². The molecule has 1 aromatic heterocycles. The van der Waals surface area contributed by atoms with Crippen LogP contribution in [0.5, 0.6) is 0 Å². The van der Waals surface area contributed by atoms with Crippen molar-refractivity contribution in [1.82, 2.24) is 20.2 Å². The summed E-state index contributed by atoms with van der Waals surface area (Å²) in [5, 5.41) is 6.01. The summed E-state index contributed by atoms with van der Waals surface area (Å²) in [6.45, 7) is 5.20. The number of aromatic nitrogens is 2. The van der Waals surface area contributed by atoms with Crippen molar-refractivity contribution in [3.63, 3.8) is 0 Å². The number of benzene rings is 1. The number of hydrogen-bond acceptors (Lipinski definition) is 5. The SMILES string of the molecule is Cc1cc(C(=O)NCCN(C)C)nc(Nc2ccc(Br)c(C)c2)n1. The third-order valence-corrected chi connectivity index (χ3v) is 4.24. The molecule has 0 saturated carbocycles. The molecule has 1 amide bonds. The molecular formula is C17H22BrN5O. The highest BCUT2D eigenvalue weighted by Gasteiger charge is 2.11. The molecule has 0 aliphatic carbocycles. The van der Waals surface area contributed by atoms with E-state index in [0.717, 1.165) is 28.0 Å². The summed E-state index contributed by atoms with van der Waals surface area (Å²) in [6.07, 6.45) is 0. The number of likely N-dealkylation sites (N-methyl/N-ethyl adjacent to an activating group) is 1. The molecule has 1 aromatic carbocycles. The zero-order valence-corrected chi connectivity index (χ0v) is 15.9. The van der Waals surface area contributed by atoms with Gasteiger partial charge in [-0.1, -0.05) is 15.9 Å². The average Bonchev–Trinajstić information content (AvgIpc) is 2.50. The second-order valence-electron chi connectivity index (χ2n) is 5.87. The van der Waals surface area contributed by atoms with E-state index in [-0.39, 0.29) is 5.91 Å². The highest BCUT2D eigenvalue weighted by Crippen LogP contribution is 2.22. The molecule has 0 atom stereocenters. The number of nitrogens with one attached hydrogen (secondary N) is 2. The van der Waals surface area contributed by atoms with Crippen molar-refractivity contribution in [2.45, 2.75) is 13.8 Å². The molecule has 128 valence electrons. The summed E-state index contributed by atoms with van der Waals surface area (Å²) < 4.78 is 1.04. The van der Waals surface area contributed by atoms with Crippen LogP contribution in [0.25, 0.3) is 0 Å². The number of hydrogen-bond donors (Lipinski definition) is 2. The fourth-order valence-electron chi connectivity index (χ4n) is 2.08. The maximum atomic E-state index is 12.2. The van der Waals surface area contributed by atoms with Gasteiger partial charge in [0.1, 0.15) is 5.69 Å². The number of anilines is 2. The number of halogens is 1. The van der Waals surface area contributed by atoms with Crippen molar-refractivity contribution in [3.05, 3.63) is 45.7 Å². The van der Waals surface area contributed by atoms with Gasteiger partial charge in [0, 0.05) is 28.9 Å². The van der Waals surface area contributed by atoms with Crippen LogP contribution in [0.4, 0.5) is 11.6 Å². The van der Waals surface area contributed by atoms with Crippen LogP contribution < -0.4 is 10.6 Å². The second kappa shape index (κ2) is 8.21. The van der Waals surface area contributed by atoms with E-state index in [0.29, 0.717) is 18.2 Å². The normalized spacial score (nSPS) is 10.8. The minimum absolute atomic E-state index is 0.197. The Morgan fingerprint density at radius 2 is 1.96 bits per heavy atom. The van der Waals surface area contributed by atoms with Crippen LogP contribution in [0.3, 0.4) is 0 Å². The number of nitrogens with zero attached hydrogens (tertiary/aromatic N) is 3. The highest BCUT2D eigenvalue weighted by atomic mass is 79.9. The fraction of sp³-hybridized carbons (Fsp3) is 0.353. The molecule has 1 heterocycles. The van der Waals surface area contributed by atoms with E-state index in [1.807, 2.05) is 51.0 Å². The number of amides is 1. The van der Waals surface area contributed by atoms with Gasteiger partial charge in [-0.15, -0.1) is 0 Å². The Bertz CT molecular complexity index is 733. The summed E-state index contributed by atoms with van der Waals surface area (Å²) in [7, 11) is 3.92. The largest absolute Gasteiger partial charge is 0.349 e. The molecule has 0 saturated heterocycles. The lowest BCUT2D eigenvalue weighted by Gasteiger charge is -2.11. The van der Waals surface area contributed by atoms with Gasteiger partial charge in [0.2, 0.25) is 5.95 Å². The van der Waals surface area contributed by atoms with Gasteiger partial charge in [-0.05, 0) is 57.8 Å². The van der Waals surface area contributed by atoms with E-state index < -0.39 is 0 Å². The zero-order chi connectivity index (χ0) is 17.7. The topological polar surface area (TPSA) is 70.2 Å². The Hall–Kier alpha value is -1.99. The van der Waals surface area contributed by atoms with Crippen molar-refractivity contribution < 1.29 is 4.79 Å². The summed E-state index contributed by atoms with van der Waals surface area (Å²) in [5.74, 6) is 0.215. The molecule has 0 radical (unpaired) electrons. The number of carbonyl (C=O) groups excluding carboxylic acids is 1. The van der Waals surface area contributed by atoms with Crippen molar-refractivity contribution in [3.8, 4) is 0 Å². The van der Waals surface area contributed by atoms with E-state index in [1.165, 1.54) is 0 Å². The van der Waals surface area contributed by atoms with Crippen molar-refractivity contribution in [2.24, 2.45) is 0 Å². The maximum Gasteiger partial charge on any atom is 0.270 e. The van der Waals surface area contributed by atoms with Gasteiger partial charge in [0.25, 0.3) is 5.91 Å². The third kappa shape index (κ3) is 5.28. The molecule has 0 aliphatic rings. The zero-order valence-electron chi connectivity index (χ0n) is 14.4. The van der Waals surface area contributed by atoms with Crippen LogP contribution in [0.15, 0.2) is 28.7 Å². The van der Waals surface area contributed by atoms with Crippen LogP contribution in [-0.4, -0.2) is 48.0 Å². The van der Waals surface area contributed by atoms with E-state index in [1.54, 1.807) is 6.07 Å². The molecule has 0 unspecified atom stereocenters. The predicted octanol–water partition coefficient (Wildman–Crippen LogP) is 2.89. The van der Waals surface area contributed by atoms with Crippen LogP contribution in [-0.2, 0) is 0 Å². The molecule has 0 fully saturated rings. The summed E-state index contributed by atoms with van der Waals surface area (Å²) in [4.78, 5) is 22.9. The lowest BCUT2D eigenvalue weighted by Crippen LogP contribution is -2.32. The Labute approximate surface area is 150 Å². The standard InChI is InChI=1S/C17H22BrN5O/c1-11-9-13(5-6-14(11)18)21-17-20-12(2)10-15(22-17)16(24)19-7-8-23(3)4/h5-6,9-10H,7-8H2,1-4H3,(H,19,24)(H,20,21,22). The molecule has 24 heavy (non-hydrogen) atoms. The average molecular weight is 392 g/mol. The smallest absolute Gasteiger partial charge is 0.270 e. The van der Waals surface area contributed by atoms with Crippen molar-refractivity contribution in [1.29, 1.82) is 0 Å². The van der Waals surface area contributed by atoms with E-state index in [4.69, 9.17) is 0 Å². The van der Waals surface area contributed by atoms with Gasteiger partial charge < -0.3 is 15.5 Å². The Kier molecular flexibility index (Phi) is 6.28. The molecular weight excluding hydrogens is 370 g/mol. The van der Waals surface area contributed by atoms with E-state index >= 15 is 0 Å². The van der Waals surface area contributed by atoms with Crippen LogP contribution in [0.1, 0.15) is 21.7 Å². The first-order valence-electron chi connectivity index (χ1n) is 7.67. The minimum atomic E-state index is -0.197. The number of carbonyl (C=O) groups is 1. The first-order valence-corrected chi connectivity index (χ1v) is 8.46. The predicted molar refractivity (Wildman–Crippen MR) is 99.8 cm³/mol. The second-order valence-corrected chi connectivity index (χ2v) is 6.72. The molecule has 2 rings (SSSR count). The molecule has 2 N–H and O–H groups in total. The molecule has 6 nitrogen and oxygen atoms in total.